The molecule has 0 radical (unpaired) electrons. The van der Waals surface area contributed by atoms with Crippen LogP contribution in [0.1, 0.15) is 58.9 Å². The van der Waals surface area contributed by atoms with Crippen LogP contribution in [0, 0.1) is 0 Å². The zero-order chi connectivity index (χ0) is 17.5. The Balaban J connectivity index is 2.93. The fourth-order valence-electron chi connectivity index (χ4n) is 2.32. The van der Waals surface area contributed by atoms with E-state index in [1.165, 1.54) is 0 Å². The number of benzene rings is 1. The smallest absolute Gasteiger partial charge is 0.181 e. The van der Waals surface area contributed by atoms with Gasteiger partial charge >= 0.3 is 0 Å². The van der Waals surface area contributed by atoms with Gasteiger partial charge in [-0.05, 0) is 45.6 Å². The largest absolute Gasteiger partial charge is 0.388 e. The second kappa shape index (κ2) is 8.65. The minimum Gasteiger partial charge on any atom is -0.388 e. The van der Waals surface area contributed by atoms with Gasteiger partial charge in [0.2, 0.25) is 0 Å². The van der Waals surface area contributed by atoms with Gasteiger partial charge in [0.1, 0.15) is 0 Å². The van der Waals surface area contributed by atoms with Crippen LogP contribution in [0.25, 0.3) is 0 Å². The number of rotatable bonds is 8. The van der Waals surface area contributed by atoms with Crippen LogP contribution in [0.3, 0.4) is 0 Å². The maximum Gasteiger partial charge on any atom is 0.181 e. The fourth-order valence-corrected chi connectivity index (χ4v) is 3.84. The van der Waals surface area contributed by atoms with E-state index in [0.29, 0.717) is 19.3 Å². The number of hydrogen-bond acceptors (Lipinski definition) is 3. The van der Waals surface area contributed by atoms with Gasteiger partial charge in [0.05, 0.1) is 15.8 Å². The lowest BCUT2D eigenvalue weighted by Crippen LogP contribution is -2.33. The van der Waals surface area contributed by atoms with Gasteiger partial charge in [-0.15, -0.1) is 0 Å². The van der Waals surface area contributed by atoms with Crippen LogP contribution >= 0.6 is 0 Å². The Morgan fingerprint density at radius 3 is 2.35 bits per heavy atom. The number of aliphatic hydroxyl groups excluding tert-OH is 1. The lowest BCUT2D eigenvalue weighted by atomic mass is 10.1. The summed E-state index contributed by atoms with van der Waals surface area (Å²) in [7, 11) is -3.51. The van der Waals surface area contributed by atoms with Crippen molar-refractivity contribution in [3.8, 4) is 0 Å². The molecule has 1 atom stereocenters. The molecule has 0 saturated carbocycles. The third-order valence-electron chi connectivity index (χ3n) is 3.90. The van der Waals surface area contributed by atoms with Gasteiger partial charge in [0, 0.05) is 0 Å². The first kappa shape index (κ1) is 19.9. The summed E-state index contributed by atoms with van der Waals surface area (Å²) in [5.41, 5.74) is 1.10. The molecule has 0 aliphatic heterocycles. The molecule has 0 unspecified atom stereocenters. The Morgan fingerprint density at radius 1 is 1.22 bits per heavy atom. The number of aliphatic hydroxyl groups is 1. The van der Waals surface area contributed by atoms with Crippen molar-refractivity contribution in [3.63, 3.8) is 0 Å². The molecule has 0 aliphatic rings. The van der Waals surface area contributed by atoms with Crippen LogP contribution in [-0.2, 0) is 16.3 Å². The molecule has 130 valence electrons. The molecule has 0 fully saturated rings. The first-order valence-electron chi connectivity index (χ1n) is 8.36. The molecular formula is C19H30O3S. The number of sulfone groups is 1. The number of hydrogen-bond donors (Lipinski definition) is 1. The van der Waals surface area contributed by atoms with E-state index >= 15 is 0 Å². The highest BCUT2D eigenvalue weighted by molar-refractivity contribution is 7.96. The normalized spacial score (nSPS) is 14.7. The van der Waals surface area contributed by atoms with Crippen LogP contribution in [0.15, 0.2) is 41.3 Å². The van der Waals surface area contributed by atoms with Gasteiger partial charge in [0.15, 0.2) is 9.84 Å². The summed E-state index contributed by atoms with van der Waals surface area (Å²) in [6.07, 6.45) is 4.46. The lowest BCUT2D eigenvalue weighted by molar-refractivity contribution is 0.207. The zero-order valence-corrected chi connectivity index (χ0v) is 15.6. The van der Waals surface area contributed by atoms with Gasteiger partial charge in [-0.1, -0.05) is 56.2 Å². The molecular weight excluding hydrogens is 308 g/mol. The quantitative estimate of drug-likeness (QED) is 0.720. The minimum atomic E-state index is -3.51. The minimum absolute atomic E-state index is 0.189. The Hall–Kier alpha value is -1.13. The molecule has 0 heterocycles. The van der Waals surface area contributed by atoms with E-state index in [0.717, 1.165) is 18.4 Å². The molecule has 23 heavy (non-hydrogen) atoms. The third kappa shape index (κ3) is 5.78. The molecule has 0 spiro atoms. The molecule has 1 rings (SSSR count). The summed E-state index contributed by atoms with van der Waals surface area (Å²) in [6.45, 7) is 7.11. The van der Waals surface area contributed by atoms with Crippen molar-refractivity contribution in [1.82, 2.24) is 0 Å². The molecule has 0 aliphatic carbocycles. The van der Waals surface area contributed by atoms with Gasteiger partial charge in [-0.3, -0.25) is 0 Å². The SMILES string of the molecule is CCCC/C=C(/[C@H](O)CCc1ccccc1)S(=O)(=O)C(C)(C)C. The monoisotopic (exact) mass is 338 g/mol. The van der Waals surface area contributed by atoms with E-state index in [-0.39, 0.29) is 4.91 Å². The topological polar surface area (TPSA) is 54.4 Å². The maximum atomic E-state index is 12.8. The predicted molar refractivity (Wildman–Crippen MR) is 97.1 cm³/mol. The van der Waals surface area contributed by atoms with Gasteiger partial charge < -0.3 is 5.11 Å². The summed E-state index contributed by atoms with van der Waals surface area (Å²) < 4.78 is 24.6. The van der Waals surface area contributed by atoms with E-state index < -0.39 is 20.7 Å². The van der Waals surface area contributed by atoms with E-state index in [1.54, 1.807) is 26.8 Å². The third-order valence-corrected chi connectivity index (χ3v) is 6.57. The fraction of sp³-hybridized carbons (Fsp3) is 0.579. The summed E-state index contributed by atoms with van der Waals surface area (Å²) >= 11 is 0. The number of allylic oxidation sites excluding steroid dienone is 1. The first-order chi connectivity index (χ1) is 10.7. The second-order valence-corrected chi connectivity index (χ2v) is 9.61. The summed E-state index contributed by atoms with van der Waals surface area (Å²) in [5.74, 6) is 0. The number of aryl methyl sites for hydroxylation is 1. The van der Waals surface area contributed by atoms with Crippen LogP contribution in [-0.4, -0.2) is 24.4 Å². The highest BCUT2D eigenvalue weighted by Gasteiger charge is 2.35. The molecule has 3 nitrogen and oxygen atoms in total. The lowest BCUT2D eigenvalue weighted by Gasteiger charge is -2.24. The van der Waals surface area contributed by atoms with Crippen molar-refractivity contribution in [3.05, 3.63) is 46.9 Å². The zero-order valence-electron chi connectivity index (χ0n) is 14.7. The molecule has 0 bridgehead atoms. The molecule has 1 N–H and O–H groups in total. The molecule has 1 aromatic carbocycles. The molecule has 4 heteroatoms. The Labute approximate surface area is 141 Å². The molecule has 1 aromatic rings. The molecule has 0 saturated heterocycles. The predicted octanol–water partition coefficient (Wildman–Crippen LogP) is 4.27. The van der Waals surface area contributed by atoms with Gasteiger partial charge in [-0.2, -0.15) is 0 Å². The summed E-state index contributed by atoms with van der Waals surface area (Å²) in [4.78, 5) is 0.189. The van der Waals surface area contributed by atoms with Crippen molar-refractivity contribution < 1.29 is 13.5 Å². The van der Waals surface area contributed by atoms with Crippen molar-refractivity contribution >= 4 is 9.84 Å². The van der Waals surface area contributed by atoms with Crippen molar-refractivity contribution in [1.29, 1.82) is 0 Å². The average Bonchev–Trinajstić information content (AvgIpc) is 2.49. The molecule has 0 amide bonds. The van der Waals surface area contributed by atoms with E-state index in [9.17, 15) is 13.5 Å². The van der Waals surface area contributed by atoms with E-state index in [1.807, 2.05) is 30.3 Å². The first-order valence-corrected chi connectivity index (χ1v) is 9.85. The van der Waals surface area contributed by atoms with Crippen molar-refractivity contribution in [2.75, 3.05) is 0 Å². The summed E-state index contributed by atoms with van der Waals surface area (Å²) in [5, 5.41) is 10.5. The standard InChI is InChI=1S/C19H30O3S/c1-5-6-8-13-18(23(21,22)19(2,3)4)17(20)15-14-16-11-9-7-10-12-16/h7,9-13,17,20H,5-6,8,14-15H2,1-4H3/b18-13-/t17-/m1/s1. The van der Waals surface area contributed by atoms with Crippen molar-refractivity contribution in [2.24, 2.45) is 0 Å². The maximum absolute atomic E-state index is 12.8. The van der Waals surface area contributed by atoms with Crippen LogP contribution in [0.5, 0.6) is 0 Å². The highest BCUT2D eigenvalue weighted by Crippen LogP contribution is 2.28. The van der Waals surface area contributed by atoms with Crippen LogP contribution in [0.2, 0.25) is 0 Å². The Kier molecular flexibility index (Phi) is 7.49. The average molecular weight is 339 g/mol. The van der Waals surface area contributed by atoms with E-state index in [2.05, 4.69) is 6.92 Å². The Morgan fingerprint density at radius 2 is 1.83 bits per heavy atom. The van der Waals surface area contributed by atoms with Crippen LogP contribution in [0.4, 0.5) is 0 Å². The molecule has 0 aromatic heterocycles. The van der Waals surface area contributed by atoms with Gasteiger partial charge in [-0.25, -0.2) is 8.42 Å². The number of unbranched alkanes of at least 4 members (excludes halogenated alkanes) is 2. The van der Waals surface area contributed by atoms with Crippen LogP contribution < -0.4 is 0 Å². The summed E-state index contributed by atoms with van der Waals surface area (Å²) in [6, 6.07) is 9.83. The van der Waals surface area contributed by atoms with Crippen molar-refractivity contribution in [2.45, 2.75) is 70.7 Å². The van der Waals surface area contributed by atoms with Gasteiger partial charge in [0.25, 0.3) is 0 Å². The highest BCUT2D eigenvalue weighted by atomic mass is 32.2. The second-order valence-electron chi connectivity index (χ2n) is 6.90. The Bertz CT molecular complexity index is 595. The van der Waals surface area contributed by atoms with E-state index in [4.69, 9.17) is 0 Å².